The molecule has 0 bridgehead atoms. The monoisotopic (exact) mass is 349 g/mol. The van der Waals surface area contributed by atoms with Crippen LogP contribution in [0.3, 0.4) is 0 Å². The maximum atomic E-state index is 3.47. The van der Waals surface area contributed by atoms with Gasteiger partial charge in [0.05, 0.1) is 0 Å². The molecule has 0 aliphatic rings. The number of thiophene rings is 1. The van der Waals surface area contributed by atoms with Crippen LogP contribution in [0.4, 0.5) is 0 Å². The summed E-state index contributed by atoms with van der Waals surface area (Å²) >= 11 is 5.31. The number of hydrogen-bond donors (Lipinski definition) is 1. The number of nitrogens with one attached hydrogen (secondary N) is 1. The van der Waals surface area contributed by atoms with Gasteiger partial charge in [0.25, 0.3) is 0 Å². The second-order valence-electron chi connectivity index (χ2n) is 4.88. The SMILES string of the molecule is CCCNCC(C)=Cc1ccc(-c2ccc(Br)cc2)s1. The fourth-order valence-electron chi connectivity index (χ4n) is 1.96. The quantitative estimate of drug-likeness (QED) is 0.671. The molecule has 0 unspecified atom stereocenters. The van der Waals surface area contributed by atoms with Gasteiger partial charge in [0.15, 0.2) is 0 Å². The topological polar surface area (TPSA) is 12.0 Å². The standard InChI is InChI=1S/C17H20BrNS/c1-3-10-19-12-13(2)11-16-8-9-17(20-16)14-4-6-15(18)7-5-14/h4-9,11,19H,3,10,12H2,1-2H3. The fourth-order valence-corrected chi connectivity index (χ4v) is 3.26. The Labute approximate surface area is 133 Å². The molecule has 0 spiro atoms. The second-order valence-corrected chi connectivity index (χ2v) is 6.91. The van der Waals surface area contributed by atoms with Crippen molar-refractivity contribution >= 4 is 33.3 Å². The average Bonchev–Trinajstić information content (AvgIpc) is 2.88. The predicted molar refractivity (Wildman–Crippen MR) is 94.3 cm³/mol. The van der Waals surface area contributed by atoms with Crippen LogP contribution in [0.2, 0.25) is 0 Å². The fraction of sp³-hybridized carbons (Fsp3) is 0.294. The molecule has 3 heteroatoms. The van der Waals surface area contributed by atoms with E-state index in [1.165, 1.54) is 27.3 Å². The third-order valence-electron chi connectivity index (χ3n) is 2.97. The van der Waals surface area contributed by atoms with Gasteiger partial charge < -0.3 is 5.32 Å². The lowest BCUT2D eigenvalue weighted by molar-refractivity contribution is 0.715. The van der Waals surface area contributed by atoms with Crippen LogP contribution >= 0.6 is 27.3 Å². The summed E-state index contributed by atoms with van der Waals surface area (Å²) in [6.07, 6.45) is 3.45. The van der Waals surface area contributed by atoms with Crippen molar-refractivity contribution in [3.05, 3.63) is 51.3 Å². The normalized spacial score (nSPS) is 11.8. The Morgan fingerprint density at radius 1 is 1.20 bits per heavy atom. The molecule has 0 amide bonds. The van der Waals surface area contributed by atoms with Crippen LogP contribution in [-0.2, 0) is 0 Å². The Hall–Kier alpha value is -0.900. The van der Waals surface area contributed by atoms with Gasteiger partial charge in [0.1, 0.15) is 0 Å². The van der Waals surface area contributed by atoms with Gasteiger partial charge in [-0.15, -0.1) is 11.3 Å². The minimum Gasteiger partial charge on any atom is -0.313 e. The lowest BCUT2D eigenvalue weighted by atomic mass is 10.2. The third kappa shape index (κ3) is 4.58. The van der Waals surface area contributed by atoms with Crippen LogP contribution in [0.5, 0.6) is 0 Å². The third-order valence-corrected chi connectivity index (χ3v) is 4.58. The summed E-state index contributed by atoms with van der Waals surface area (Å²) in [5.41, 5.74) is 2.65. The molecule has 0 atom stereocenters. The van der Waals surface area contributed by atoms with Gasteiger partial charge in [-0.3, -0.25) is 0 Å². The highest BCUT2D eigenvalue weighted by Crippen LogP contribution is 2.30. The van der Waals surface area contributed by atoms with Gasteiger partial charge in [-0.1, -0.05) is 40.6 Å². The summed E-state index contributed by atoms with van der Waals surface area (Å²) in [6.45, 7) is 6.43. The highest BCUT2D eigenvalue weighted by atomic mass is 79.9. The van der Waals surface area contributed by atoms with E-state index in [1.807, 2.05) is 11.3 Å². The Bertz CT molecular complexity index is 569. The number of halogens is 1. The molecule has 1 aromatic heterocycles. The first-order valence-corrected chi connectivity index (χ1v) is 8.53. The lowest BCUT2D eigenvalue weighted by Gasteiger charge is -2.02. The summed E-state index contributed by atoms with van der Waals surface area (Å²) in [5.74, 6) is 0. The van der Waals surface area contributed by atoms with Crippen molar-refractivity contribution in [2.75, 3.05) is 13.1 Å². The van der Waals surface area contributed by atoms with E-state index >= 15 is 0 Å². The maximum Gasteiger partial charge on any atom is 0.0349 e. The van der Waals surface area contributed by atoms with Crippen LogP contribution in [0, 0.1) is 0 Å². The first kappa shape index (κ1) is 15.5. The van der Waals surface area contributed by atoms with E-state index in [1.54, 1.807) is 0 Å². The Morgan fingerprint density at radius 3 is 2.65 bits per heavy atom. The van der Waals surface area contributed by atoms with Crippen molar-refractivity contribution in [3.8, 4) is 10.4 Å². The minimum absolute atomic E-state index is 0.972. The van der Waals surface area contributed by atoms with Crippen molar-refractivity contribution in [1.29, 1.82) is 0 Å². The van der Waals surface area contributed by atoms with Gasteiger partial charge >= 0.3 is 0 Å². The molecule has 0 saturated carbocycles. The van der Waals surface area contributed by atoms with Crippen molar-refractivity contribution in [1.82, 2.24) is 5.32 Å². The van der Waals surface area contributed by atoms with Crippen molar-refractivity contribution < 1.29 is 0 Å². The molecule has 1 aromatic carbocycles. The lowest BCUT2D eigenvalue weighted by Crippen LogP contribution is -2.16. The summed E-state index contributed by atoms with van der Waals surface area (Å²) in [7, 11) is 0. The molecule has 1 nitrogen and oxygen atoms in total. The highest BCUT2D eigenvalue weighted by Gasteiger charge is 2.02. The van der Waals surface area contributed by atoms with Crippen molar-refractivity contribution in [3.63, 3.8) is 0 Å². The molecular formula is C17H20BrNS. The van der Waals surface area contributed by atoms with Gasteiger partial charge in [-0.2, -0.15) is 0 Å². The molecule has 106 valence electrons. The van der Waals surface area contributed by atoms with Crippen LogP contribution < -0.4 is 5.32 Å². The first-order chi connectivity index (χ1) is 9.69. The molecule has 2 aromatic rings. The van der Waals surface area contributed by atoms with E-state index in [4.69, 9.17) is 0 Å². The predicted octanol–water partition coefficient (Wildman–Crippen LogP) is 5.58. The molecular weight excluding hydrogens is 330 g/mol. The summed E-state index contributed by atoms with van der Waals surface area (Å²) in [5, 5.41) is 3.43. The van der Waals surface area contributed by atoms with Gasteiger partial charge in [0, 0.05) is 20.8 Å². The second kappa shape index (κ2) is 7.77. The molecule has 1 N–H and O–H groups in total. The number of benzene rings is 1. The maximum absolute atomic E-state index is 3.47. The average molecular weight is 350 g/mol. The van der Waals surface area contributed by atoms with Crippen molar-refractivity contribution in [2.24, 2.45) is 0 Å². The molecule has 0 aliphatic carbocycles. The minimum atomic E-state index is 0.972. The molecule has 0 saturated heterocycles. The molecule has 1 heterocycles. The summed E-state index contributed by atoms with van der Waals surface area (Å²) in [4.78, 5) is 2.64. The van der Waals surface area contributed by atoms with Gasteiger partial charge in [-0.25, -0.2) is 0 Å². The number of rotatable bonds is 6. The van der Waals surface area contributed by atoms with E-state index in [0.717, 1.165) is 17.6 Å². The van der Waals surface area contributed by atoms with E-state index < -0.39 is 0 Å². The van der Waals surface area contributed by atoms with Gasteiger partial charge in [-0.05, 0) is 55.8 Å². The van der Waals surface area contributed by atoms with Crippen molar-refractivity contribution in [2.45, 2.75) is 20.3 Å². The van der Waals surface area contributed by atoms with Gasteiger partial charge in [0.2, 0.25) is 0 Å². The Balaban J connectivity index is 2.05. The van der Waals surface area contributed by atoms with E-state index in [0.29, 0.717) is 0 Å². The van der Waals surface area contributed by atoms with E-state index in [2.05, 4.69) is 77.6 Å². The molecule has 0 radical (unpaired) electrons. The van der Waals surface area contributed by atoms with E-state index in [9.17, 15) is 0 Å². The Kier molecular flexibility index (Phi) is 6.02. The zero-order valence-electron chi connectivity index (χ0n) is 11.9. The molecule has 20 heavy (non-hydrogen) atoms. The van der Waals surface area contributed by atoms with Crippen LogP contribution in [-0.4, -0.2) is 13.1 Å². The van der Waals surface area contributed by atoms with Crippen LogP contribution in [0.25, 0.3) is 16.5 Å². The number of hydrogen-bond acceptors (Lipinski definition) is 2. The largest absolute Gasteiger partial charge is 0.313 e. The van der Waals surface area contributed by atoms with Crippen LogP contribution in [0.15, 0.2) is 46.4 Å². The van der Waals surface area contributed by atoms with Crippen LogP contribution in [0.1, 0.15) is 25.1 Å². The van der Waals surface area contributed by atoms with E-state index in [-0.39, 0.29) is 0 Å². The smallest absolute Gasteiger partial charge is 0.0349 e. The molecule has 2 rings (SSSR count). The Morgan fingerprint density at radius 2 is 1.95 bits per heavy atom. The highest BCUT2D eigenvalue weighted by molar-refractivity contribution is 9.10. The first-order valence-electron chi connectivity index (χ1n) is 6.92. The summed E-state index contributed by atoms with van der Waals surface area (Å²) in [6, 6.07) is 12.9. The summed E-state index contributed by atoms with van der Waals surface area (Å²) < 4.78 is 1.12. The zero-order chi connectivity index (χ0) is 14.4. The zero-order valence-corrected chi connectivity index (χ0v) is 14.4. The molecule has 0 fully saturated rings. The molecule has 0 aliphatic heterocycles.